The lowest BCUT2D eigenvalue weighted by atomic mass is 10.0. The Morgan fingerprint density at radius 3 is 1.29 bits per heavy atom. The molecule has 0 aromatic heterocycles. The molecule has 0 aliphatic rings. The van der Waals surface area contributed by atoms with E-state index < -0.39 is 20.0 Å². The smallest absolute Gasteiger partial charge is 0.268 e. The summed E-state index contributed by atoms with van der Waals surface area (Å²) in [7, 11) is 1.27. The average Bonchev–Trinajstić information content (AvgIpc) is 3.28. The molecule has 66 heavy (non-hydrogen) atoms. The van der Waals surface area contributed by atoms with Gasteiger partial charge in [-0.05, 0) is 51.4 Å². The predicted octanol–water partition coefficient (Wildman–Crippen LogP) is 15.9. The number of likely N-dealkylation sites (N-methyl/N-ethyl adjacent to an activating group) is 1. The predicted molar refractivity (Wildman–Crippen MR) is 284 cm³/mol. The van der Waals surface area contributed by atoms with Gasteiger partial charge in [0.05, 0.1) is 39.9 Å². The first-order chi connectivity index (χ1) is 32.0. The highest BCUT2D eigenvalue weighted by Crippen LogP contribution is 2.38. The molecule has 386 valence electrons. The van der Waals surface area contributed by atoms with E-state index in [1.54, 1.807) is 0 Å². The van der Waals surface area contributed by atoms with Crippen molar-refractivity contribution in [1.82, 2.24) is 5.32 Å². The molecule has 0 spiro atoms. The first kappa shape index (κ1) is 64.2. The molecule has 0 rings (SSSR count). The van der Waals surface area contributed by atoms with Crippen molar-refractivity contribution in [3.63, 3.8) is 0 Å². The number of phosphoric acid groups is 1. The van der Waals surface area contributed by atoms with Crippen molar-refractivity contribution in [1.29, 1.82) is 0 Å². The van der Waals surface area contributed by atoms with Crippen LogP contribution in [0.4, 0.5) is 0 Å². The topological polar surface area (TPSA) is 108 Å². The Kier molecular flexibility index (Phi) is 46.9. The number of unbranched alkanes of at least 4 members (excludes halogenated alkanes) is 27. The number of carbonyl (C=O) groups excluding carboxylic acids is 1. The molecular weight excluding hydrogens is 840 g/mol. The van der Waals surface area contributed by atoms with E-state index in [1.165, 1.54) is 154 Å². The third-order valence-corrected chi connectivity index (χ3v) is 13.2. The van der Waals surface area contributed by atoms with Crippen LogP contribution >= 0.6 is 7.82 Å². The molecule has 8 nitrogen and oxygen atoms in total. The summed E-state index contributed by atoms with van der Waals surface area (Å²) in [5, 5.41) is 14.0. The van der Waals surface area contributed by atoms with Crippen molar-refractivity contribution in [2.45, 2.75) is 257 Å². The highest BCUT2D eigenvalue weighted by atomic mass is 31.2. The number of nitrogens with zero attached hydrogens (tertiary/aromatic N) is 1. The lowest BCUT2D eigenvalue weighted by Gasteiger charge is -2.30. The van der Waals surface area contributed by atoms with Crippen molar-refractivity contribution in [2.75, 3.05) is 40.9 Å². The van der Waals surface area contributed by atoms with E-state index >= 15 is 0 Å². The number of quaternary nitrogens is 1. The van der Waals surface area contributed by atoms with Gasteiger partial charge in [0.15, 0.2) is 0 Å². The van der Waals surface area contributed by atoms with Crippen LogP contribution in [0.5, 0.6) is 0 Å². The summed E-state index contributed by atoms with van der Waals surface area (Å²) in [5.74, 6) is -0.220. The summed E-state index contributed by atoms with van der Waals surface area (Å²) in [6.45, 7) is 4.58. The highest BCUT2D eigenvalue weighted by Gasteiger charge is 2.24. The van der Waals surface area contributed by atoms with Gasteiger partial charge in [-0.15, -0.1) is 0 Å². The van der Waals surface area contributed by atoms with Crippen molar-refractivity contribution >= 4 is 13.7 Å². The van der Waals surface area contributed by atoms with Crippen LogP contribution < -0.4 is 10.2 Å². The summed E-state index contributed by atoms with van der Waals surface area (Å²) in [4.78, 5) is 25.4. The lowest BCUT2D eigenvalue weighted by Crippen LogP contribution is -2.46. The monoisotopic (exact) mass is 947 g/mol. The largest absolute Gasteiger partial charge is 0.756 e. The molecule has 0 saturated carbocycles. The second-order valence-electron chi connectivity index (χ2n) is 19.9. The van der Waals surface area contributed by atoms with Crippen LogP contribution in [-0.2, 0) is 18.4 Å². The fourth-order valence-corrected chi connectivity index (χ4v) is 8.68. The molecule has 0 radical (unpaired) electrons. The van der Waals surface area contributed by atoms with Crippen LogP contribution in [0.25, 0.3) is 0 Å². The SMILES string of the molecule is CC/C=C\C/C=C\C/C=C\C/C=C\C/C=C\CCCC(=O)NC(COP(=O)([O-])OCC[N+](C)(C)C)C(O)CCCCCCCCCCCCCCCCCCCCCCCCCCCCC. The Hall–Kier alpha value is -1.80. The van der Waals surface area contributed by atoms with Gasteiger partial charge in [0.1, 0.15) is 13.2 Å². The number of allylic oxidation sites excluding steroid dienone is 10. The number of hydrogen-bond donors (Lipinski definition) is 2. The second-order valence-corrected chi connectivity index (χ2v) is 21.3. The van der Waals surface area contributed by atoms with Crippen LogP contribution in [0, 0.1) is 0 Å². The summed E-state index contributed by atoms with van der Waals surface area (Å²) >= 11 is 0. The zero-order valence-electron chi connectivity index (χ0n) is 43.9. The van der Waals surface area contributed by atoms with Gasteiger partial charge >= 0.3 is 0 Å². The molecule has 0 bridgehead atoms. The van der Waals surface area contributed by atoms with Crippen LogP contribution in [-0.4, -0.2) is 68.5 Å². The van der Waals surface area contributed by atoms with Gasteiger partial charge < -0.3 is 28.8 Å². The standard InChI is InChI=1S/C57H107N2O6P/c1-6-8-10-12-14-16-18-20-22-24-25-26-27-28-29-30-31-32-33-35-36-38-40-42-44-46-48-50-56(60)55(54-65-66(62,63)64-53-52-59(3,4)5)58-57(61)51-49-47-45-43-41-39-37-34-23-21-19-17-15-13-11-9-7-2/h9,11,15,17,21,23,37,39,43,45,55-56,60H,6-8,10,12-14,16,18-20,22,24-36,38,40-42,44,46-54H2,1-5H3,(H-,58,61,62,63)/b11-9-,17-15-,23-21-,39-37-,45-43-. The van der Waals surface area contributed by atoms with Gasteiger partial charge in [-0.25, -0.2) is 0 Å². The molecule has 0 heterocycles. The third-order valence-electron chi connectivity index (χ3n) is 12.3. The summed E-state index contributed by atoms with van der Waals surface area (Å²) < 4.78 is 23.4. The van der Waals surface area contributed by atoms with Crippen molar-refractivity contribution < 1.29 is 32.9 Å². The Labute approximate surface area is 409 Å². The van der Waals surface area contributed by atoms with Gasteiger partial charge in [-0.1, -0.05) is 248 Å². The van der Waals surface area contributed by atoms with Crippen LogP contribution in [0.15, 0.2) is 60.8 Å². The van der Waals surface area contributed by atoms with Gasteiger partial charge in [-0.3, -0.25) is 9.36 Å². The Morgan fingerprint density at radius 2 is 0.909 bits per heavy atom. The van der Waals surface area contributed by atoms with E-state index in [-0.39, 0.29) is 25.5 Å². The molecule has 3 unspecified atom stereocenters. The zero-order chi connectivity index (χ0) is 48.5. The normalized spacial score (nSPS) is 14.5. The minimum atomic E-state index is -4.59. The number of phosphoric ester groups is 1. The van der Waals surface area contributed by atoms with Gasteiger partial charge in [0, 0.05) is 6.42 Å². The van der Waals surface area contributed by atoms with Crippen molar-refractivity contribution in [3.05, 3.63) is 60.8 Å². The van der Waals surface area contributed by atoms with Crippen molar-refractivity contribution in [2.24, 2.45) is 0 Å². The summed E-state index contributed by atoms with van der Waals surface area (Å²) in [6, 6.07) is -0.834. The molecule has 0 aliphatic heterocycles. The number of amides is 1. The first-order valence-corrected chi connectivity index (χ1v) is 29.1. The minimum Gasteiger partial charge on any atom is -0.756 e. The van der Waals surface area contributed by atoms with E-state index in [2.05, 4.69) is 79.9 Å². The molecular formula is C57H107N2O6P. The van der Waals surface area contributed by atoms with Gasteiger partial charge in [0.2, 0.25) is 5.91 Å². The molecule has 9 heteroatoms. The van der Waals surface area contributed by atoms with Gasteiger partial charge in [0.25, 0.3) is 7.82 Å². The van der Waals surface area contributed by atoms with E-state index in [9.17, 15) is 19.4 Å². The maximum absolute atomic E-state index is 12.9. The summed E-state index contributed by atoms with van der Waals surface area (Å²) in [6.07, 6.45) is 64.1. The maximum Gasteiger partial charge on any atom is 0.268 e. The zero-order valence-corrected chi connectivity index (χ0v) is 44.8. The number of aliphatic hydroxyl groups excluding tert-OH is 1. The summed E-state index contributed by atoms with van der Waals surface area (Å²) in [5.41, 5.74) is 0. The fraction of sp³-hybridized carbons (Fsp3) is 0.807. The second kappa shape index (κ2) is 48.2. The van der Waals surface area contributed by atoms with Gasteiger partial charge in [-0.2, -0.15) is 0 Å². The Bertz CT molecular complexity index is 1260. The molecule has 1 amide bonds. The van der Waals surface area contributed by atoms with E-state index in [0.717, 1.165) is 57.8 Å². The molecule has 0 fully saturated rings. The van der Waals surface area contributed by atoms with E-state index in [1.807, 2.05) is 21.1 Å². The number of aliphatic hydroxyl groups is 1. The molecule has 0 aromatic rings. The van der Waals surface area contributed by atoms with E-state index in [4.69, 9.17) is 9.05 Å². The van der Waals surface area contributed by atoms with Crippen LogP contribution in [0.3, 0.4) is 0 Å². The fourth-order valence-electron chi connectivity index (χ4n) is 7.96. The Morgan fingerprint density at radius 1 is 0.545 bits per heavy atom. The lowest BCUT2D eigenvalue weighted by molar-refractivity contribution is -0.870. The van der Waals surface area contributed by atoms with E-state index in [0.29, 0.717) is 23.9 Å². The van der Waals surface area contributed by atoms with Crippen molar-refractivity contribution in [3.8, 4) is 0 Å². The highest BCUT2D eigenvalue weighted by molar-refractivity contribution is 7.45. The molecule has 0 aliphatic carbocycles. The molecule has 0 aromatic carbocycles. The first-order valence-electron chi connectivity index (χ1n) is 27.6. The molecule has 0 saturated heterocycles. The third kappa shape index (κ3) is 50.1. The average molecular weight is 947 g/mol. The molecule has 3 atom stereocenters. The molecule has 2 N–H and O–H groups in total. The quantitative estimate of drug-likeness (QED) is 0.0272. The maximum atomic E-state index is 12.9. The van der Waals surface area contributed by atoms with Crippen LogP contribution in [0.2, 0.25) is 0 Å². The number of hydrogen-bond acceptors (Lipinski definition) is 6. The number of carbonyl (C=O) groups is 1. The minimum absolute atomic E-state index is 0.000726. The van der Waals surface area contributed by atoms with Crippen LogP contribution in [0.1, 0.15) is 245 Å². The number of nitrogens with one attached hydrogen (secondary N) is 1. The number of rotatable bonds is 50. The Balaban J connectivity index is 4.21.